The standard InChI is InChI=1S/C35H46N4O5S/c1-23(2)35(13-15-39(16-14-35)32(42)44-34(6,7)8)20-30-36-21-26(22-37-30)28(40)19-25-18-24(29-10-9-17-45-29)11-12-27(25)38-31(41)43-33(3,4)5/h9-12,17-18,21-23H,13-16,19-20H2,1-8H3,(H,38,41). The Morgan fingerprint density at radius 1 is 0.978 bits per heavy atom. The van der Waals surface area contributed by atoms with Gasteiger partial charge in [0.25, 0.3) is 0 Å². The Labute approximate surface area is 270 Å². The van der Waals surface area contributed by atoms with E-state index in [1.165, 1.54) is 0 Å². The van der Waals surface area contributed by atoms with Crippen molar-refractivity contribution in [2.24, 2.45) is 11.3 Å². The molecule has 1 aliphatic heterocycles. The minimum absolute atomic E-state index is 0.0590. The summed E-state index contributed by atoms with van der Waals surface area (Å²) in [5, 5.41) is 4.81. The molecule has 4 rings (SSSR count). The highest BCUT2D eigenvalue weighted by atomic mass is 32.1. The number of thiophene rings is 1. The van der Waals surface area contributed by atoms with E-state index in [2.05, 4.69) is 29.1 Å². The lowest BCUT2D eigenvalue weighted by Crippen LogP contribution is -2.47. The zero-order valence-corrected chi connectivity index (χ0v) is 28.5. The Morgan fingerprint density at radius 2 is 1.62 bits per heavy atom. The molecule has 2 aromatic heterocycles. The zero-order chi connectivity index (χ0) is 33.0. The number of likely N-dealkylation sites (tertiary alicyclic amines) is 1. The van der Waals surface area contributed by atoms with Crippen molar-refractivity contribution in [2.75, 3.05) is 18.4 Å². The van der Waals surface area contributed by atoms with Crippen LogP contribution in [0.3, 0.4) is 0 Å². The number of anilines is 1. The average Bonchev–Trinajstić information content (AvgIpc) is 3.48. The van der Waals surface area contributed by atoms with E-state index in [4.69, 9.17) is 9.47 Å². The number of hydrogen-bond donors (Lipinski definition) is 1. The number of piperidine rings is 1. The monoisotopic (exact) mass is 634 g/mol. The molecule has 3 aromatic rings. The van der Waals surface area contributed by atoms with Crippen molar-refractivity contribution >= 4 is 35.0 Å². The van der Waals surface area contributed by atoms with Gasteiger partial charge in [-0.15, -0.1) is 11.3 Å². The molecule has 1 fully saturated rings. The molecule has 0 saturated carbocycles. The van der Waals surface area contributed by atoms with Crippen LogP contribution in [0.4, 0.5) is 15.3 Å². The number of ether oxygens (including phenoxy) is 2. The van der Waals surface area contributed by atoms with Crippen LogP contribution >= 0.6 is 11.3 Å². The lowest BCUT2D eigenvalue weighted by atomic mass is 9.67. The van der Waals surface area contributed by atoms with Crippen LogP contribution in [0, 0.1) is 11.3 Å². The van der Waals surface area contributed by atoms with Crippen LogP contribution in [0.5, 0.6) is 0 Å². The smallest absolute Gasteiger partial charge is 0.412 e. The highest BCUT2D eigenvalue weighted by Crippen LogP contribution is 2.41. The topological polar surface area (TPSA) is 111 Å². The summed E-state index contributed by atoms with van der Waals surface area (Å²) in [6.45, 7) is 16.7. The number of rotatable bonds is 8. The second-order valence-corrected chi connectivity index (χ2v) is 15.1. The van der Waals surface area contributed by atoms with E-state index in [1.807, 2.05) is 50.4 Å². The van der Waals surface area contributed by atoms with Crippen LogP contribution in [-0.4, -0.2) is 57.1 Å². The molecule has 45 heavy (non-hydrogen) atoms. The lowest BCUT2D eigenvalue weighted by Gasteiger charge is -2.44. The first kappa shape index (κ1) is 34.1. The molecule has 2 amide bonds. The van der Waals surface area contributed by atoms with E-state index < -0.39 is 17.3 Å². The molecular formula is C35H46N4O5S. The van der Waals surface area contributed by atoms with Crippen molar-refractivity contribution in [3.8, 4) is 10.4 Å². The van der Waals surface area contributed by atoms with E-state index in [9.17, 15) is 14.4 Å². The minimum Gasteiger partial charge on any atom is -0.444 e. The molecular weight excluding hydrogens is 588 g/mol. The molecule has 1 aromatic carbocycles. The minimum atomic E-state index is -0.653. The van der Waals surface area contributed by atoms with Gasteiger partial charge in [0.15, 0.2) is 5.78 Å². The fourth-order valence-electron chi connectivity index (χ4n) is 5.47. The number of ketones is 1. The summed E-state index contributed by atoms with van der Waals surface area (Å²) >= 11 is 1.61. The number of hydrogen-bond acceptors (Lipinski definition) is 8. The van der Waals surface area contributed by atoms with Crippen molar-refractivity contribution in [3.05, 3.63) is 65.1 Å². The van der Waals surface area contributed by atoms with Crippen LogP contribution in [0.25, 0.3) is 10.4 Å². The van der Waals surface area contributed by atoms with Gasteiger partial charge in [-0.3, -0.25) is 10.1 Å². The molecule has 10 heteroatoms. The summed E-state index contributed by atoms with van der Waals surface area (Å²) < 4.78 is 11.0. The number of aromatic nitrogens is 2. The van der Waals surface area contributed by atoms with Crippen LogP contribution in [0.15, 0.2) is 48.1 Å². The Kier molecular flexibility index (Phi) is 10.4. The van der Waals surface area contributed by atoms with Crippen molar-refractivity contribution in [3.63, 3.8) is 0 Å². The first-order valence-electron chi connectivity index (χ1n) is 15.5. The highest BCUT2D eigenvalue weighted by molar-refractivity contribution is 7.13. The molecule has 0 atom stereocenters. The van der Waals surface area contributed by atoms with E-state index in [1.54, 1.807) is 55.5 Å². The van der Waals surface area contributed by atoms with Crippen molar-refractivity contribution < 1.29 is 23.9 Å². The van der Waals surface area contributed by atoms with E-state index in [0.717, 1.165) is 23.3 Å². The van der Waals surface area contributed by atoms with Gasteiger partial charge in [0.05, 0.1) is 5.56 Å². The lowest BCUT2D eigenvalue weighted by molar-refractivity contribution is 0.00219. The van der Waals surface area contributed by atoms with Gasteiger partial charge in [0.1, 0.15) is 17.0 Å². The third-order valence-corrected chi connectivity index (χ3v) is 8.99. The van der Waals surface area contributed by atoms with Crippen LogP contribution in [0.1, 0.15) is 90.0 Å². The molecule has 1 aliphatic rings. The van der Waals surface area contributed by atoms with Gasteiger partial charge >= 0.3 is 12.2 Å². The molecule has 0 unspecified atom stereocenters. The van der Waals surface area contributed by atoms with Gasteiger partial charge in [-0.05, 0) is 100 Å². The van der Waals surface area contributed by atoms with Gasteiger partial charge < -0.3 is 14.4 Å². The summed E-state index contributed by atoms with van der Waals surface area (Å²) in [4.78, 5) is 50.7. The first-order chi connectivity index (χ1) is 21.0. The van der Waals surface area contributed by atoms with Crippen LogP contribution < -0.4 is 5.32 Å². The van der Waals surface area contributed by atoms with Gasteiger partial charge in [-0.2, -0.15) is 0 Å². The summed E-state index contributed by atoms with van der Waals surface area (Å²) in [7, 11) is 0. The maximum absolute atomic E-state index is 13.5. The quantitative estimate of drug-likeness (QED) is 0.249. The molecule has 9 nitrogen and oxygen atoms in total. The molecule has 242 valence electrons. The Hall–Kier alpha value is -3.79. The van der Waals surface area contributed by atoms with Gasteiger partial charge in [-0.25, -0.2) is 19.6 Å². The predicted molar refractivity (Wildman–Crippen MR) is 178 cm³/mol. The summed E-state index contributed by atoms with van der Waals surface area (Å²) in [5.41, 5.74) is 1.32. The fraction of sp³-hybridized carbons (Fsp3) is 0.514. The molecule has 1 saturated heterocycles. The third-order valence-electron chi connectivity index (χ3n) is 8.07. The number of carbonyl (C=O) groups excluding carboxylic acids is 3. The van der Waals surface area contributed by atoms with E-state index in [0.29, 0.717) is 48.1 Å². The maximum atomic E-state index is 13.5. The first-order valence-corrected chi connectivity index (χ1v) is 16.4. The molecule has 0 radical (unpaired) electrons. The second-order valence-electron chi connectivity index (χ2n) is 14.1. The number of carbonyl (C=O) groups is 3. The Balaban J connectivity index is 1.47. The second kappa shape index (κ2) is 13.7. The van der Waals surface area contributed by atoms with Gasteiger partial charge in [0, 0.05) is 48.9 Å². The van der Waals surface area contributed by atoms with Crippen LogP contribution in [-0.2, 0) is 22.3 Å². The number of benzene rings is 1. The summed E-state index contributed by atoms with van der Waals surface area (Å²) in [6, 6.07) is 9.66. The molecule has 3 heterocycles. The normalized spacial score (nSPS) is 15.1. The number of nitrogens with one attached hydrogen (secondary N) is 1. The third kappa shape index (κ3) is 9.36. The van der Waals surface area contributed by atoms with Crippen molar-refractivity contribution in [1.82, 2.24) is 14.9 Å². The SMILES string of the molecule is CC(C)C1(Cc2ncc(C(=O)Cc3cc(-c4cccs4)ccc3NC(=O)OC(C)(C)C)cn2)CCN(C(=O)OC(C)(C)C)CC1. The number of nitrogens with zero attached hydrogens (tertiary/aromatic N) is 3. The highest BCUT2D eigenvalue weighted by Gasteiger charge is 2.40. The molecule has 0 spiro atoms. The number of amides is 2. The Morgan fingerprint density at radius 3 is 2.18 bits per heavy atom. The molecule has 0 aliphatic carbocycles. The number of Topliss-reactive ketones (excluding diaryl/α,β-unsaturated/α-hetero) is 1. The molecule has 0 bridgehead atoms. The van der Waals surface area contributed by atoms with Gasteiger partial charge in [-0.1, -0.05) is 26.0 Å². The van der Waals surface area contributed by atoms with Crippen molar-refractivity contribution in [2.45, 2.75) is 92.3 Å². The maximum Gasteiger partial charge on any atom is 0.412 e. The van der Waals surface area contributed by atoms with Crippen LogP contribution in [0.2, 0.25) is 0 Å². The predicted octanol–water partition coefficient (Wildman–Crippen LogP) is 8.19. The largest absolute Gasteiger partial charge is 0.444 e. The molecule has 1 N–H and O–H groups in total. The summed E-state index contributed by atoms with van der Waals surface area (Å²) in [6.07, 6.45) is 4.70. The van der Waals surface area contributed by atoms with E-state index in [-0.39, 0.29) is 23.7 Å². The fourth-order valence-corrected chi connectivity index (χ4v) is 6.19. The zero-order valence-electron chi connectivity index (χ0n) is 27.7. The van der Waals surface area contributed by atoms with E-state index >= 15 is 0 Å². The Bertz CT molecular complexity index is 1480. The summed E-state index contributed by atoms with van der Waals surface area (Å²) in [5.74, 6) is 0.883. The van der Waals surface area contributed by atoms with Gasteiger partial charge in [0.2, 0.25) is 0 Å². The van der Waals surface area contributed by atoms with Crippen molar-refractivity contribution in [1.29, 1.82) is 0 Å². The average molecular weight is 635 g/mol.